The molecular weight excluding hydrogens is 190 g/mol. The zero-order chi connectivity index (χ0) is 11.6. The van der Waals surface area contributed by atoms with E-state index in [0.29, 0.717) is 18.1 Å². The van der Waals surface area contributed by atoms with Crippen LogP contribution in [0.15, 0.2) is 4.99 Å². The summed E-state index contributed by atoms with van der Waals surface area (Å²) in [5.74, 6) is 1.35. The minimum atomic E-state index is 0.154. The zero-order valence-corrected chi connectivity index (χ0v) is 10.6. The molecule has 0 aromatic carbocycles. The number of hydrogen-bond donors (Lipinski definition) is 2. The highest BCUT2D eigenvalue weighted by Crippen LogP contribution is 2.46. The van der Waals surface area contributed by atoms with Gasteiger partial charge in [0.05, 0.1) is 6.10 Å². The molecule has 3 atom stereocenters. The van der Waals surface area contributed by atoms with E-state index in [9.17, 15) is 0 Å². The van der Waals surface area contributed by atoms with Gasteiger partial charge in [-0.3, -0.25) is 4.99 Å². The summed E-state index contributed by atoms with van der Waals surface area (Å²) in [5.41, 5.74) is 0.154. The van der Waals surface area contributed by atoms with E-state index in [-0.39, 0.29) is 5.41 Å². The van der Waals surface area contributed by atoms with Gasteiger partial charge in [-0.25, -0.2) is 0 Å². The highest BCUT2D eigenvalue weighted by Gasteiger charge is 2.54. The third-order valence-electron chi connectivity index (χ3n) is 3.54. The van der Waals surface area contributed by atoms with Crippen molar-refractivity contribution in [2.24, 2.45) is 16.3 Å². The lowest BCUT2D eigenvalue weighted by Crippen LogP contribution is -2.68. The molecule has 0 aromatic heterocycles. The van der Waals surface area contributed by atoms with Crippen molar-refractivity contribution >= 4 is 5.96 Å². The van der Waals surface area contributed by atoms with E-state index >= 15 is 0 Å². The van der Waals surface area contributed by atoms with Gasteiger partial charge in [0, 0.05) is 38.6 Å². The first-order chi connectivity index (χ1) is 6.98. The highest BCUT2D eigenvalue weighted by atomic mass is 16.5. The van der Waals surface area contributed by atoms with Gasteiger partial charge in [-0.15, -0.1) is 0 Å². The molecule has 88 valence electrons. The molecule has 0 radical (unpaired) electrons. The van der Waals surface area contributed by atoms with Crippen LogP contribution in [0.3, 0.4) is 0 Å². The van der Waals surface area contributed by atoms with Crippen molar-refractivity contribution in [2.45, 2.75) is 32.9 Å². The van der Waals surface area contributed by atoms with Gasteiger partial charge in [0.15, 0.2) is 5.96 Å². The Morgan fingerprint density at radius 3 is 2.33 bits per heavy atom. The van der Waals surface area contributed by atoms with E-state index in [1.165, 1.54) is 0 Å². The molecule has 15 heavy (non-hydrogen) atoms. The molecule has 0 bridgehead atoms. The lowest BCUT2D eigenvalue weighted by molar-refractivity contribution is -0.139. The van der Waals surface area contributed by atoms with Gasteiger partial charge < -0.3 is 15.4 Å². The van der Waals surface area contributed by atoms with Crippen LogP contribution in [-0.4, -0.2) is 39.3 Å². The number of ether oxygens (including phenoxy) is 1. The van der Waals surface area contributed by atoms with E-state index < -0.39 is 0 Å². The zero-order valence-electron chi connectivity index (χ0n) is 10.6. The molecule has 0 saturated heterocycles. The molecule has 1 rings (SSSR count). The molecular formula is C11H23N3O. The van der Waals surface area contributed by atoms with Crippen LogP contribution in [0.25, 0.3) is 0 Å². The molecule has 1 fully saturated rings. The predicted octanol–water partition coefficient (Wildman–Crippen LogP) is 0.841. The summed E-state index contributed by atoms with van der Waals surface area (Å²) >= 11 is 0. The molecule has 1 aliphatic rings. The van der Waals surface area contributed by atoms with Crippen LogP contribution in [-0.2, 0) is 4.74 Å². The Balaban J connectivity index is 2.65. The first kappa shape index (κ1) is 12.3. The maximum atomic E-state index is 5.49. The number of methoxy groups -OCH3 is 1. The van der Waals surface area contributed by atoms with Crippen molar-refractivity contribution in [3.8, 4) is 0 Å². The third-order valence-corrected chi connectivity index (χ3v) is 3.54. The van der Waals surface area contributed by atoms with Gasteiger partial charge in [-0.05, 0) is 0 Å². The molecule has 0 aliphatic heterocycles. The summed E-state index contributed by atoms with van der Waals surface area (Å²) in [6, 6.07) is 0.411. The van der Waals surface area contributed by atoms with Crippen molar-refractivity contribution in [3.63, 3.8) is 0 Å². The van der Waals surface area contributed by atoms with E-state index in [1.54, 1.807) is 14.2 Å². The summed E-state index contributed by atoms with van der Waals surface area (Å²) in [4.78, 5) is 4.13. The maximum Gasteiger partial charge on any atom is 0.190 e. The number of rotatable bonds is 2. The molecule has 0 amide bonds. The SMILES string of the molecule is CN=C(NC)NC1C(C)C(OC)C1(C)C. The van der Waals surface area contributed by atoms with Crippen molar-refractivity contribution in [1.29, 1.82) is 0 Å². The standard InChI is InChI=1S/C11H23N3O/c1-7-8(14-10(12-4)13-5)11(2,3)9(7)15-6/h7-9H,1-6H3,(H2,12,13,14). The van der Waals surface area contributed by atoms with Gasteiger partial charge in [0.1, 0.15) is 0 Å². The quantitative estimate of drug-likeness (QED) is 0.528. The fourth-order valence-electron chi connectivity index (χ4n) is 2.82. The summed E-state index contributed by atoms with van der Waals surface area (Å²) < 4.78 is 5.49. The molecule has 1 aliphatic carbocycles. The van der Waals surface area contributed by atoms with Crippen LogP contribution in [0, 0.1) is 11.3 Å². The first-order valence-corrected chi connectivity index (χ1v) is 5.42. The smallest absolute Gasteiger partial charge is 0.190 e. The van der Waals surface area contributed by atoms with Crippen molar-refractivity contribution in [2.75, 3.05) is 21.2 Å². The van der Waals surface area contributed by atoms with Crippen LogP contribution >= 0.6 is 0 Å². The van der Waals surface area contributed by atoms with Gasteiger partial charge in [0.25, 0.3) is 0 Å². The Labute approximate surface area is 92.5 Å². The second kappa shape index (κ2) is 4.39. The molecule has 4 nitrogen and oxygen atoms in total. The second-order valence-corrected chi connectivity index (χ2v) is 4.78. The minimum absolute atomic E-state index is 0.154. The topological polar surface area (TPSA) is 45.7 Å². The Bertz CT molecular complexity index is 250. The lowest BCUT2D eigenvalue weighted by Gasteiger charge is -2.56. The molecule has 2 N–H and O–H groups in total. The molecule has 0 heterocycles. The average Bonchev–Trinajstić information content (AvgIpc) is 2.19. The Morgan fingerprint density at radius 1 is 1.40 bits per heavy atom. The fourth-order valence-corrected chi connectivity index (χ4v) is 2.82. The molecule has 4 heteroatoms. The van der Waals surface area contributed by atoms with Gasteiger partial charge in [-0.2, -0.15) is 0 Å². The number of aliphatic imine (C=N–C) groups is 1. The molecule has 3 unspecified atom stereocenters. The Morgan fingerprint density at radius 2 is 2.00 bits per heavy atom. The lowest BCUT2D eigenvalue weighted by atomic mass is 9.58. The average molecular weight is 213 g/mol. The predicted molar refractivity (Wildman–Crippen MR) is 63.1 cm³/mol. The molecule has 0 spiro atoms. The van der Waals surface area contributed by atoms with Crippen LogP contribution in [0.1, 0.15) is 20.8 Å². The van der Waals surface area contributed by atoms with Crippen LogP contribution in [0.4, 0.5) is 0 Å². The van der Waals surface area contributed by atoms with E-state index in [0.717, 1.165) is 5.96 Å². The Hall–Kier alpha value is -0.770. The summed E-state index contributed by atoms with van der Waals surface area (Å²) in [6.45, 7) is 6.66. The maximum absolute atomic E-state index is 5.49. The number of nitrogens with zero attached hydrogens (tertiary/aromatic N) is 1. The Kier molecular flexibility index (Phi) is 3.60. The summed E-state index contributed by atoms with van der Waals surface area (Å²) in [5, 5.41) is 6.46. The third kappa shape index (κ3) is 1.95. The summed E-state index contributed by atoms with van der Waals surface area (Å²) in [6.07, 6.45) is 0.324. The van der Waals surface area contributed by atoms with Gasteiger partial charge >= 0.3 is 0 Å². The van der Waals surface area contributed by atoms with E-state index in [4.69, 9.17) is 4.74 Å². The van der Waals surface area contributed by atoms with Crippen molar-refractivity contribution in [1.82, 2.24) is 10.6 Å². The summed E-state index contributed by atoms with van der Waals surface area (Å²) in [7, 11) is 5.44. The largest absolute Gasteiger partial charge is 0.380 e. The number of guanidine groups is 1. The second-order valence-electron chi connectivity index (χ2n) is 4.78. The van der Waals surface area contributed by atoms with Crippen molar-refractivity contribution < 1.29 is 4.74 Å². The molecule has 1 saturated carbocycles. The van der Waals surface area contributed by atoms with E-state index in [1.807, 2.05) is 7.05 Å². The molecule has 0 aromatic rings. The van der Waals surface area contributed by atoms with Crippen LogP contribution < -0.4 is 10.6 Å². The monoisotopic (exact) mass is 213 g/mol. The van der Waals surface area contributed by atoms with Crippen LogP contribution in [0.5, 0.6) is 0 Å². The van der Waals surface area contributed by atoms with Gasteiger partial charge in [-0.1, -0.05) is 20.8 Å². The number of hydrogen-bond acceptors (Lipinski definition) is 2. The normalized spacial score (nSPS) is 34.5. The van der Waals surface area contributed by atoms with Crippen LogP contribution in [0.2, 0.25) is 0 Å². The highest BCUT2D eigenvalue weighted by molar-refractivity contribution is 5.79. The minimum Gasteiger partial charge on any atom is -0.380 e. The van der Waals surface area contributed by atoms with Gasteiger partial charge in [0.2, 0.25) is 0 Å². The fraction of sp³-hybridized carbons (Fsp3) is 0.909. The number of nitrogens with one attached hydrogen (secondary N) is 2. The first-order valence-electron chi connectivity index (χ1n) is 5.42. The van der Waals surface area contributed by atoms with Crippen molar-refractivity contribution in [3.05, 3.63) is 0 Å². The van der Waals surface area contributed by atoms with E-state index in [2.05, 4.69) is 36.4 Å².